The lowest BCUT2D eigenvalue weighted by molar-refractivity contribution is -0.117. The summed E-state index contributed by atoms with van der Waals surface area (Å²) in [5, 5.41) is 10.3. The second-order valence-corrected chi connectivity index (χ2v) is 9.39. The van der Waals surface area contributed by atoms with E-state index in [9.17, 15) is 9.59 Å². The fraction of sp³-hybridized carbons (Fsp3) is 0.524. The normalized spacial score (nSPS) is 20.6. The number of carbonyl (C=O) groups excluding carboxylic acids is 2. The number of thiophene rings is 1. The largest absolute Gasteiger partial charge is 0.352 e. The predicted octanol–water partition coefficient (Wildman–Crippen LogP) is 3.00. The number of aryl methyl sites for hydroxylation is 1. The van der Waals surface area contributed by atoms with E-state index >= 15 is 0 Å². The maximum absolute atomic E-state index is 13.1. The van der Waals surface area contributed by atoms with Gasteiger partial charge >= 0.3 is 0 Å². The lowest BCUT2D eigenvalue weighted by Crippen LogP contribution is -2.31. The molecule has 2 amide bonds. The van der Waals surface area contributed by atoms with E-state index in [-0.39, 0.29) is 23.8 Å². The molecule has 7 nitrogen and oxygen atoms in total. The van der Waals surface area contributed by atoms with Crippen molar-refractivity contribution in [2.45, 2.75) is 51.0 Å². The van der Waals surface area contributed by atoms with Gasteiger partial charge in [-0.05, 0) is 62.5 Å². The average molecular weight is 412 g/mol. The molecule has 0 spiro atoms. The molecule has 152 valence electrons. The Morgan fingerprint density at radius 2 is 1.90 bits per heavy atom. The molecule has 0 saturated heterocycles. The topological polar surface area (TPSA) is 96.0 Å². The quantitative estimate of drug-likeness (QED) is 0.651. The number of fused-ring (bicyclic) bond motifs is 1. The van der Waals surface area contributed by atoms with E-state index in [0.717, 1.165) is 49.2 Å². The number of nitrogens with one attached hydrogen (secondary N) is 3. The molecule has 8 heteroatoms. The number of hydrogen-bond donors (Lipinski definition) is 3. The fourth-order valence-electron chi connectivity index (χ4n) is 3.80. The van der Waals surface area contributed by atoms with Gasteiger partial charge < -0.3 is 16.0 Å². The Labute approximate surface area is 173 Å². The zero-order valence-corrected chi connectivity index (χ0v) is 17.1. The average Bonchev–Trinajstić information content (AvgIpc) is 3.63. The summed E-state index contributed by atoms with van der Waals surface area (Å²) in [6.45, 7) is 0.721. The minimum absolute atomic E-state index is 0.0483. The van der Waals surface area contributed by atoms with Gasteiger partial charge in [0.25, 0.3) is 5.91 Å². The van der Waals surface area contributed by atoms with Gasteiger partial charge in [-0.3, -0.25) is 9.59 Å². The summed E-state index contributed by atoms with van der Waals surface area (Å²) >= 11 is 1.57. The van der Waals surface area contributed by atoms with Crippen molar-refractivity contribution in [3.63, 3.8) is 0 Å². The summed E-state index contributed by atoms with van der Waals surface area (Å²) in [7, 11) is 0. The first kappa shape index (κ1) is 18.5. The third-order valence-electron chi connectivity index (χ3n) is 5.82. The Balaban J connectivity index is 1.38. The Bertz CT molecular complexity index is 921. The van der Waals surface area contributed by atoms with Crippen molar-refractivity contribution in [1.82, 2.24) is 15.3 Å². The van der Waals surface area contributed by atoms with E-state index in [1.54, 1.807) is 29.8 Å². The van der Waals surface area contributed by atoms with E-state index in [1.807, 2.05) is 0 Å². The molecule has 0 bridgehead atoms. The van der Waals surface area contributed by atoms with Crippen LogP contribution in [-0.4, -0.2) is 34.4 Å². The number of hydrogen-bond acceptors (Lipinski definition) is 6. The molecule has 0 radical (unpaired) electrons. The van der Waals surface area contributed by atoms with Gasteiger partial charge in [-0.2, -0.15) is 0 Å². The second kappa shape index (κ2) is 7.74. The molecule has 1 unspecified atom stereocenters. The van der Waals surface area contributed by atoms with Crippen molar-refractivity contribution < 1.29 is 9.59 Å². The summed E-state index contributed by atoms with van der Waals surface area (Å²) in [5.74, 6) is 1.33. The first-order valence-electron chi connectivity index (χ1n) is 10.4. The summed E-state index contributed by atoms with van der Waals surface area (Å²) in [4.78, 5) is 35.2. The van der Waals surface area contributed by atoms with Gasteiger partial charge in [0.05, 0.1) is 5.56 Å². The molecule has 5 rings (SSSR count). The van der Waals surface area contributed by atoms with Gasteiger partial charge in [0, 0.05) is 35.8 Å². The van der Waals surface area contributed by atoms with E-state index in [0.29, 0.717) is 17.4 Å². The maximum Gasteiger partial charge on any atom is 0.254 e. The zero-order valence-electron chi connectivity index (χ0n) is 16.2. The molecular weight excluding hydrogens is 386 g/mol. The molecule has 2 heterocycles. The molecule has 3 aliphatic rings. The van der Waals surface area contributed by atoms with Crippen molar-refractivity contribution >= 4 is 34.1 Å². The minimum Gasteiger partial charge on any atom is -0.352 e. The Hall–Kier alpha value is -2.48. The van der Waals surface area contributed by atoms with Crippen LogP contribution in [0, 0.1) is 11.8 Å². The number of carbonyl (C=O) groups is 2. The van der Waals surface area contributed by atoms with Gasteiger partial charge in [-0.1, -0.05) is 0 Å². The smallest absolute Gasteiger partial charge is 0.254 e. The van der Waals surface area contributed by atoms with Crippen LogP contribution < -0.4 is 16.0 Å². The third-order valence-corrected chi connectivity index (χ3v) is 7.03. The Kier molecular flexibility index (Phi) is 4.95. The van der Waals surface area contributed by atoms with E-state index in [2.05, 4.69) is 25.9 Å². The standard InChI is InChI=1S/C21H25N5O2S/c27-18(13-4-5-13)26-20-17(19(28)24-11-12-2-3-12)15-10-14(6-7-16(15)29-20)25-21-22-8-1-9-23-21/h1,8-9,12-14H,2-7,10-11H2,(H,24,28)(H,26,27)(H,22,23,25). The number of rotatable bonds is 7. The van der Waals surface area contributed by atoms with Gasteiger partial charge in [-0.15, -0.1) is 11.3 Å². The van der Waals surface area contributed by atoms with Crippen LogP contribution in [0.25, 0.3) is 0 Å². The van der Waals surface area contributed by atoms with Crippen molar-refractivity contribution in [1.29, 1.82) is 0 Å². The highest BCUT2D eigenvalue weighted by Crippen LogP contribution is 2.40. The molecule has 2 saturated carbocycles. The number of amides is 2. The Morgan fingerprint density at radius 1 is 1.10 bits per heavy atom. The lowest BCUT2D eigenvalue weighted by Gasteiger charge is -2.24. The van der Waals surface area contributed by atoms with Gasteiger partial charge in [0.1, 0.15) is 5.00 Å². The van der Waals surface area contributed by atoms with Gasteiger partial charge in [0.15, 0.2) is 0 Å². The highest BCUT2D eigenvalue weighted by molar-refractivity contribution is 7.17. The van der Waals surface area contributed by atoms with Crippen LogP contribution in [0.1, 0.15) is 52.9 Å². The molecule has 2 aromatic heterocycles. The third kappa shape index (κ3) is 4.27. The summed E-state index contributed by atoms with van der Waals surface area (Å²) in [6.07, 6.45) is 10.3. The van der Waals surface area contributed by atoms with Crippen molar-refractivity contribution in [3.8, 4) is 0 Å². The van der Waals surface area contributed by atoms with Crippen LogP contribution >= 0.6 is 11.3 Å². The molecule has 3 aliphatic carbocycles. The summed E-state index contributed by atoms with van der Waals surface area (Å²) in [6, 6.07) is 1.96. The highest BCUT2D eigenvalue weighted by Gasteiger charge is 2.34. The molecule has 3 N–H and O–H groups in total. The van der Waals surface area contributed by atoms with E-state index < -0.39 is 0 Å². The lowest BCUT2D eigenvalue weighted by atomic mass is 9.91. The number of anilines is 2. The van der Waals surface area contributed by atoms with E-state index in [4.69, 9.17) is 0 Å². The SMILES string of the molecule is O=C(NCC1CC1)c1c(NC(=O)C2CC2)sc2c1CC(Nc1ncccn1)CC2. The molecule has 2 fully saturated rings. The van der Waals surface area contributed by atoms with Crippen LogP contribution in [0.2, 0.25) is 0 Å². The molecular formula is C21H25N5O2S. The van der Waals surface area contributed by atoms with Gasteiger partial charge in [-0.25, -0.2) is 9.97 Å². The van der Waals surface area contributed by atoms with E-state index in [1.165, 1.54) is 17.7 Å². The summed E-state index contributed by atoms with van der Waals surface area (Å²) in [5.41, 5.74) is 1.73. The molecule has 29 heavy (non-hydrogen) atoms. The molecule has 2 aromatic rings. The van der Waals surface area contributed by atoms with Crippen molar-refractivity contribution in [2.75, 3.05) is 17.2 Å². The Morgan fingerprint density at radius 3 is 2.62 bits per heavy atom. The van der Waals surface area contributed by atoms with Crippen molar-refractivity contribution in [3.05, 3.63) is 34.5 Å². The number of aromatic nitrogens is 2. The van der Waals surface area contributed by atoms with Crippen LogP contribution in [0.5, 0.6) is 0 Å². The van der Waals surface area contributed by atoms with Crippen LogP contribution in [0.4, 0.5) is 10.9 Å². The first-order chi connectivity index (χ1) is 14.2. The minimum atomic E-state index is -0.0582. The monoisotopic (exact) mass is 411 g/mol. The predicted molar refractivity (Wildman–Crippen MR) is 112 cm³/mol. The molecule has 0 aromatic carbocycles. The molecule has 0 aliphatic heterocycles. The van der Waals surface area contributed by atoms with Crippen LogP contribution in [-0.2, 0) is 17.6 Å². The van der Waals surface area contributed by atoms with Crippen LogP contribution in [0.15, 0.2) is 18.5 Å². The summed E-state index contributed by atoms with van der Waals surface area (Å²) < 4.78 is 0. The molecule has 1 atom stereocenters. The highest BCUT2D eigenvalue weighted by atomic mass is 32.1. The zero-order chi connectivity index (χ0) is 19.8. The first-order valence-corrected chi connectivity index (χ1v) is 11.3. The van der Waals surface area contributed by atoms with Gasteiger partial charge in [0.2, 0.25) is 11.9 Å². The number of nitrogens with zero attached hydrogens (tertiary/aromatic N) is 2. The van der Waals surface area contributed by atoms with Crippen molar-refractivity contribution in [2.24, 2.45) is 11.8 Å². The fourth-order valence-corrected chi connectivity index (χ4v) is 5.04. The van der Waals surface area contributed by atoms with Crippen LogP contribution in [0.3, 0.4) is 0 Å². The maximum atomic E-state index is 13.1. The second-order valence-electron chi connectivity index (χ2n) is 8.28.